The zero-order chi connectivity index (χ0) is 18.5. The maximum atomic E-state index is 12.3. The molecule has 0 aromatic carbocycles. The highest BCUT2D eigenvalue weighted by atomic mass is 32.2. The van der Waals surface area contributed by atoms with Gasteiger partial charge in [-0.05, 0) is 13.3 Å². The van der Waals surface area contributed by atoms with Crippen molar-refractivity contribution in [1.82, 2.24) is 0 Å². The molecule has 2 bridgehead atoms. The summed E-state index contributed by atoms with van der Waals surface area (Å²) in [5, 5.41) is 0. The van der Waals surface area contributed by atoms with E-state index < -0.39 is 70.3 Å². The lowest BCUT2D eigenvalue weighted by molar-refractivity contribution is -0.162. The van der Waals surface area contributed by atoms with Crippen molar-refractivity contribution in [3.8, 4) is 0 Å². The highest BCUT2D eigenvalue weighted by molar-refractivity contribution is 7.85. The third-order valence-corrected chi connectivity index (χ3v) is 5.65. The number of hydrogen-bond acceptors (Lipinski definition) is 9. The van der Waals surface area contributed by atoms with Gasteiger partial charge in [0.1, 0.15) is 18.8 Å². The van der Waals surface area contributed by atoms with E-state index in [0.717, 1.165) is 0 Å². The number of fused-ring (bicyclic) bond motifs is 1. The summed E-state index contributed by atoms with van der Waals surface area (Å²) in [6.07, 6.45) is -0.885. The zero-order valence-corrected chi connectivity index (χ0v) is 14.2. The van der Waals surface area contributed by atoms with E-state index in [0.29, 0.717) is 6.42 Å². The molecule has 2 saturated carbocycles. The predicted molar refractivity (Wildman–Crippen MR) is 78.7 cm³/mol. The van der Waals surface area contributed by atoms with Crippen LogP contribution in [0.4, 0.5) is 0 Å². The minimum Gasteiger partial charge on any atom is -0.748 e. The molecule has 0 N–H and O–H groups in total. The van der Waals surface area contributed by atoms with Crippen LogP contribution in [0, 0.1) is 23.7 Å². The molecule has 3 fully saturated rings. The first kappa shape index (κ1) is 17.9. The Morgan fingerprint density at radius 1 is 1.36 bits per heavy atom. The van der Waals surface area contributed by atoms with Crippen LogP contribution in [0.15, 0.2) is 12.2 Å². The number of esters is 3. The predicted octanol–water partition coefficient (Wildman–Crippen LogP) is -0.630. The van der Waals surface area contributed by atoms with Crippen molar-refractivity contribution < 1.29 is 41.6 Å². The van der Waals surface area contributed by atoms with E-state index in [4.69, 9.17) is 14.2 Å². The molecule has 1 saturated heterocycles. The Balaban J connectivity index is 1.74. The maximum absolute atomic E-state index is 12.3. The van der Waals surface area contributed by atoms with Crippen molar-refractivity contribution in [2.24, 2.45) is 23.7 Å². The Kier molecular flexibility index (Phi) is 4.36. The summed E-state index contributed by atoms with van der Waals surface area (Å²) in [5.74, 6) is -5.08. The molecule has 25 heavy (non-hydrogen) atoms. The highest BCUT2D eigenvalue weighted by Crippen LogP contribution is 2.59. The van der Waals surface area contributed by atoms with E-state index in [1.54, 1.807) is 0 Å². The first-order chi connectivity index (χ1) is 11.6. The number of carbonyl (C=O) groups is 3. The number of carbonyl (C=O) groups excluding carboxylic acids is 3. The Labute approximate surface area is 144 Å². The van der Waals surface area contributed by atoms with E-state index in [2.05, 4.69) is 6.58 Å². The molecule has 0 aromatic heterocycles. The normalized spacial score (nSPS) is 35.4. The first-order valence-corrected chi connectivity index (χ1v) is 9.35. The van der Waals surface area contributed by atoms with Crippen LogP contribution in [0.25, 0.3) is 0 Å². The van der Waals surface area contributed by atoms with E-state index >= 15 is 0 Å². The molecule has 9 nitrogen and oxygen atoms in total. The molecule has 6 atom stereocenters. The molecule has 0 radical (unpaired) electrons. The van der Waals surface area contributed by atoms with Crippen LogP contribution in [0.1, 0.15) is 13.3 Å². The molecular weight excluding hydrogens is 356 g/mol. The molecule has 10 heteroatoms. The molecule has 2 aliphatic carbocycles. The summed E-state index contributed by atoms with van der Waals surface area (Å²) >= 11 is 0. The van der Waals surface area contributed by atoms with Gasteiger partial charge in [-0.15, -0.1) is 0 Å². The van der Waals surface area contributed by atoms with Crippen LogP contribution >= 0.6 is 0 Å². The van der Waals surface area contributed by atoms with Gasteiger partial charge < -0.3 is 18.8 Å². The van der Waals surface area contributed by atoms with Gasteiger partial charge in [0.15, 0.2) is 0 Å². The summed E-state index contributed by atoms with van der Waals surface area (Å²) in [7, 11) is -4.51. The maximum Gasteiger partial charge on any atom is 0.333 e. The van der Waals surface area contributed by atoms with Crippen molar-refractivity contribution in [3.05, 3.63) is 12.2 Å². The number of ether oxygens (including phenoxy) is 3. The van der Waals surface area contributed by atoms with Gasteiger partial charge in [0, 0.05) is 17.4 Å². The molecule has 3 aliphatic rings. The minimum absolute atomic E-state index is 0.184. The Morgan fingerprint density at radius 3 is 2.64 bits per heavy atom. The fraction of sp³-hybridized carbons (Fsp3) is 0.667. The van der Waals surface area contributed by atoms with E-state index in [1.165, 1.54) is 6.92 Å². The van der Waals surface area contributed by atoms with Gasteiger partial charge in [0.05, 0.1) is 27.7 Å². The lowest BCUT2D eigenvalue weighted by Crippen LogP contribution is -2.44. The van der Waals surface area contributed by atoms with Gasteiger partial charge in [-0.3, -0.25) is 9.59 Å². The Bertz CT molecular complexity index is 740. The minimum atomic E-state index is -4.51. The summed E-state index contributed by atoms with van der Waals surface area (Å²) in [6, 6.07) is 0. The van der Waals surface area contributed by atoms with Crippen LogP contribution in [-0.4, -0.2) is 55.4 Å². The van der Waals surface area contributed by atoms with Gasteiger partial charge in [0.25, 0.3) is 0 Å². The van der Waals surface area contributed by atoms with Gasteiger partial charge in [-0.2, -0.15) is 0 Å². The number of rotatable bonds is 6. The SMILES string of the molecule is C=C(C)C(=O)OC1C2CC3C1OC(=O)C3C2C(=O)OCCS(=O)(=O)[O-]. The van der Waals surface area contributed by atoms with E-state index in [1.807, 2.05) is 0 Å². The molecule has 6 unspecified atom stereocenters. The van der Waals surface area contributed by atoms with Crippen LogP contribution in [0.5, 0.6) is 0 Å². The quantitative estimate of drug-likeness (QED) is 0.258. The lowest BCUT2D eigenvalue weighted by Gasteiger charge is -2.30. The first-order valence-electron chi connectivity index (χ1n) is 7.77. The molecule has 1 aliphatic heterocycles. The lowest BCUT2D eigenvalue weighted by atomic mass is 9.78. The second kappa shape index (κ2) is 6.10. The summed E-state index contributed by atoms with van der Waals surface area (Å²) in [6.45, 7) is 4.39. The van der Waals surface area contributed by atoms with Crippen LogP contribution in [-0.2, 0) is 38.7 Å². The smallest absolute Gasteiger partial charge is 0.333 e. The topological polar surface area (TPSA) is 136 Å². The molecule has 0 aromatic rings. The molecule has 3 rings (SSSR count). The molecule has 0 spiro atoms. The van der Waals surface area contributed by atoms with Gasteiger partial charge in [0.2, 0.25) is 0 Å². The van der Waals surface area contributed by atoms with Gasteiger partial charge in [-0.1, -0.05) is 6.58 Å². The Hall–Kier alpha value is -1.94. The fourth-order valence-corrected chi connectivity index (χ4v) is 4.32. The van der Waals surface area contributed by atoms with E-state index in [-0.39, 0.29) is 11.5 Å². The van der Waals surface area contributed by atoms with Crippen molar-refractivity contribution in [2.45, 2.75) is 25.6 Å². The average Bonchev–Trinajstić information content (AvgIpc) is 3.08. The number of hydrogen-bond donors (Lipinski definition) is 0. The molecule has 0 amide bonds. The van der Waals surface area contributed by atoms with Gasteiger partial charge >= 0.3 is 17.9 Å². The Morgan fingerprint density at radius 2 is 2.04 bits per heavy atom. The largest absolute Gasteiger partial charge is 0.748 e. The third kappa shape index (κ3) is 3.15. The summed E-state index contributed by atoms with van der Waals surface area (Å²) in [4.78, 5) is 36.2. The summed E-state index contributed by atoms with van der Waals surface area (Å²) < 4.78 is 47.3. The van der Waals surface area contributed by atoms with Gasteiger partial charge in [-0.25, -0.2) is 13.2 Å². The van der Waals surface area contributed by atoms with E-state index in [9.17, 15) is 27.4 Å². The van der Waals surface area contributed by atoms with Crippen molar-refractivity contribution in [3.63, 3.8) is 0 Å². The molecule has 138 valence electrons. The third-order valence-electron chi connectivity index (χ3n) is 4.99. The highest BCUT2D eigenvalue weighted by Gasteiger charge is 2.70. The second-order valence-electron chi connectivity index (χ2n) is 6.60. The second-order valence-corrected chi connectivity index (χ2v) is 8.12. The van der Waals surface area contributed by atoms with Crippen molar-refractivity contribution >= 4 is 28.0 Å². The molecule has 1 heterocycles. The fourth-order valence-electron chi connectivity index (χ4n) is 4.03. The van der Waals surface area contributed by atoms with Crippen LogP contribution in [0.2, 0.25) is 0 Å². The molecular formula is C15H17O9S-. The summed E-state index contributed by atoms with van der Waals surface area (Å²) in [5.41, 5.74) is 0.184. The monoisotopic (exact) mass is 373 g/mol. The average molecular weight is 373 g/mol. The van der Waals surface area contributed by atoms with Crippen molar-refractivity contribution in [2.75, 3.05) is 12.4 Å². The van der Waals surface area contributed by atoms with Crippen LogP contribution < -0.4 is 0 Å². The zero-order valence-electron chi connectivity index (χ0n) is 13.4. The van der Waals surface area contributed by atoms with Crippen LogP contribution in [0.3, 0.4) is 0 Å². The standard InChI is InChI=1S/C15H18O9S/c1-6(2)13(16)23-11-7-5-8-10(15(18)24-12(8)11)9(7)14(17)22-3-4-25(19,20)21/h7-12H,1,3-5H2,2H3,(H,19,20,21)/p-1. The van der Waals surface area contributed by atoms with Crippen molar-refractivity contribution in [1.29, 1.82) is 0 Å².